The third kappa shape index (κ3) is 2.97. The predicted molar refractivity (Wildman–Crippen MR) is 80.1 cm³/mol. The number of hydrogen-bond donors (Lipinski definition) is 1. The first kappa shape index (κ1) is 13.9. The third-order valence-electron chi connectivity index (χ3n) is 3.50. The fraction of sp³-hybridized carbons (Fsp3) is 0.571. The molecule has 3 rings (SSSR count). The Morgan fingerprint density at radius 3 is 3.30 bits per heavy atom. The van der Waals surface area contributed by atoms with Crippen molar-refractivity contribution in [2.24, 2.45) is 0 Å². The molecule has 0 aliphatic carbocycles. The highest BCUT2D eigenvalue weighted by atomic mass is 32.2. The van der Waals surface area contributed by atoms with Gasteiger partial charge in [0.25, 0.3) is 0 Å². The van der Waals surface area contributed by atoms with Crippen molar-refractivity contribution in [1.82, 2.24) is 19.9 Å². The molecule has 0 bridgehead atoms. The number of pyridine rings is 1. The van der Waals surface area contributed by atoms with Crippen LogP contribution in [0.4, 0.5) is 0 Å². The van der Waals surface area contributed by atoms with Gasteiger partial charge in [-0.1, -0.05) is 24.8 Å². The SMILES string of the molecule is CCCNC1CCOCC1Sc1nnc2ccccn12. The zero-order valence-electron chi connectivity index (χ0n) is 11.7. The number of thioether (sulfide) groups is 1. The Hall–Kier alpha value is -1.11. The summed E-state index contributed by atoms with van der Waals surface area (Å²) in [6.45, 7) is 4.87. The Labute approximate surface area is 123 Å². The van der Waals surface area contributed by atoms with Crippen LogP contribution in [0.2, 0.25) is 0 Å². The molecule has 1 fully saturated rings. The minimum atomic E-state index is 0.392. The zero-order valence-corrected chi connectivity index (χ0v) is 12.5. The average molecular weight is 292 g/mol. The van der Waals surface area contributed by atoms with Gasteiger partial charge in [0, 0.05) is 18.8 Å². The van der Waals surface area contributed by atoms with E-state index in [0.29, 0.717) is 11.3 Å². The lowest BCUT2D eigenvalue weighted by Crippen LogP contribution is -2.45. The maximum atomic E-state index is 5.63. The van der Waals surface area contributed by atoms with E-state index >= 15 is 0 Å². The van der Waals surface area contributed by atoms with E-state index in [9.17, 15) is 0 Å². The normalized spacial score (nSPS) is 23.2. The monoisotopic (exact) mass is 292 g/mol. The van der Waals surface area contributed by atoms with Gasteiger partial charge in [0.2, 0.25) is 0 Å². The van der Waals surface area contributed by atoms with Gasteiger partial charge >= 0.3 is 0 Å². The van der Waals surface area contributed by atoms with Gasteiger partial charge in [-0.2, -0.15) is 0 Å². The van der Waals surface area contributed by atoms with E-state index in [1.54, 1.807) is 11.8 Å². The van der Waals surface area contributed by atoms with Gasteiger partial charge in [0.1, 0.15) is 0 Å². The van der Waals surface area contributed by atoms with Gasteiger partial charge in [-0.25, -0.2) is 0 Å². The maximum absolute atomic E-state index is 5.63. The molecule has 1 N–H and O–H groups in total. The largest absolute Gasteiger partial charge is 0.380 e. The highest BCUT2D eigenvalue weighted by molar-refractivity contribution is 7.99. The highest BCUT2D eigenvalue weighted by Crippen LogP contribution is 2.28. The highest BCUT2D eigenvalue weighted by Gasteiger charge is 2.27. The van der Waals surface area contributed by atoms with Crippen LogP contribution in [0.3, 0.4) is 0 Å². The summed E-state index contributed by atoms with van der Waals surface area (Å²) in [5.41, 5.74) is 0.893. The molecule has 2 aromatic heterocycles. The number of fused-ring (bicyclic) bond motifs is 1. The molecule has 2 aromatic rings. The summed E-state index contributed by atoms with van der Waals surface area (Å²) in [7, 11) is 0. The number of rotatable bonds is 5. The van der Waals surface area contributed by atoms with Crippen LogP contribution < -0.4 is 5.32 Å². The van der Waals surface area contributed by atoms with Crippen LogP contribution in [-0.4, -0.2) is 45.6 Å². The summed E-state index contributed by atoms with van der Waals surface area (Å²) in [6, 6.07) is 6.45. The van der Waals surface area contributed by atoms with Crippen molar-refractivity contribution in [1.29, 1.82) is 0 Å². The maximum Gasteiger partial charge on any atom is 0.196 e. The fourth-order valence-electron chi connectivity index (χ4n) is 2.43. The number of hydrogen-bond acceptors (Lipinski definition) is 5. The lowest BCUT2D eigenvalue weighted by atomic mass is 10.1. The minimum Gasteiger partial charge on any atom is -0.380 e. The summed E-state index contributed by atoms with van der Waals surface area (Å²) in [5, 5.41) is 13.5. The van der Waals surface area contributed by atoms with Crippen LogP contribution in [0.25, 0.3) is 5.65 Å². The Morgan fingerprint density at radius 2 is 2.40 bits per heavy atom. The van der Waals surface area contributed by atoms with Crippen molar-refractivity contribution < 1.29 is 4.74 Å². The van der Waals surface area contributed by atoms with Crippen molar-refractivity contribution in [2.75, 3.05) is 19.8 Å². The summed E-state index contributed by atoms with van der Waals surface area (Å²) in [4.78, 5) is 0. The minimum absolute atomic E-state index is 0.392. The van der Waals surface area contributed by atoms with E-state index in [4.69, 9.17) is 4.74 Å². The zero-order chi connectivity index (χ0) is 13.8. The van der Waals surface area contributed by atoms with Crippen LogP contribution in [0.15, 0.2) is 29.6 Å². The van der Waals surface area contributed by atoms with E-state index in [1.165, 1.54) is 0 Å². The van der Waals surface area contributed by atoms with Gasteiger partial charge < -0.3 is 10.1 Å². The summed E-state index contributed by atoms with van der Waals surface area (Å²) < 4.78 is 7.67. The van der Waals surface area contributed by atoms with Gasteiger partial charge in [-0.15, -0.1) is 10.2 Å². The molecule has 0 spiro atoms. The second-order valence-electron chi connectivity index (χ2n) is 4.99. The van der Waals surface area contributed by atoms with Crippen LogP contribution in [0.1, 0.15) is 19.8 Å². The van der Waals surface area contributed by atoms with Crippen molar-refractivity contribution in [3.05, 3.63) is 24.4 Å². The molecule has 108 valence electrons. The quantitative estimate of drug-likeness (QED) is 0.913. The summed E-state index contributed by atoms with van der Waals surface area (Å²) in [6.07, 6.45) is 4.23. The van der Waals surface area contributed by atoms with E-state index in [0.717, 1.165) is 43.4 Å². The predicted octanol–water partition coefficient (Wildman–Crippen LogP) is 1.98. The molecule has 0 amide bonds. The summed E-state index contributed by atoms with van der Waals surface area (Å²) >= 11 is 1.76. The number of aromatic nitrogens is 3. The van der Waals surface area contributed by atoms with Gasteiger partial charge in [-0.05, 0) is 31.5 Å². The summed E-state index contributed by atoms with van der Waals surface area (Å²) in [5.74, 6) is 0. The van der Waals surface area contributed by atoms with Gasteiger partial charge in [0.05, 0.1) is 11.9 Å². The first-order chi connectivity index (χ1) is 9.88. The standard InChI is InChI=1S/C14H20N4OS/c1-2-7-15-11-6-9-19-10-12(11)20-14-17-16-13-5-3-4-8-18(13)14/h3-5,8,11-12,15H,2,6-7,9-10H2,1H3. The fourth-order valence-corrected chi connectivity index (χ4v) is 3.61. The Bertz CT molecular complexity index is 559. The second-order valence-corrected chi connectivity index (χ2v) is 6.20. The molecule has 20 heavy (non-hydrogen) atoms. The molecule has 1 saturated heterocycles. The third-order valence-corrected chi connectivity index (χ3v) is 4.76. The molecule has 1 aliphatic heterocycles. The molecule has 5 nitrogen and oxygen atoms in total. The number of nitrogens with one attached hydrogen (secondary N) is 1. The molecule has 0 saturated carbocycles. The van der Waals surface area contributed by atoms with E-state index in [1.807, 2.05) is 28.8 Å². The molecule has 6 heteroatoms. The van der Waals surface area contributed by atoms with Crippen molar-refractivity contribution in [3.63, 3.8) is 0 Å². The topological polar surface area (TPSA) is 51.5 Å². The van der Waals surface area contributed by atoms with Crippen LogP contribution in [0, 0.1) is 0 Å². The van der Waals surface area contributed by atoms with E-state index in [2.05, 4.69) is 22.4 Å². The average Bonchev–Trinajstić information content (AvgIpc) is 2.90. The molecular formula is C14H20N4OS. The molecule has 3 heterocycles. The first-order valence-electron chi connectivity index (χ1n) is 7.16. The first-order valence-corrected chi connectivity index (χ1v) is 8.04. The van der Waals surface area contributed by atoms with Crippen molar-refractivity contribution in [3.8, 4) is 0 Å². The molecule has 1 aliphatic rings. The number of nitrogens with zero attached hydrogens (tertiary/aromatic N) is 3. The van der Waals surface area contributed by atoms with Crippen LogP contribution >= 0.6 is 11.8 Å². The van der Waals surface area contributed by atoms with Gasteiger partial charge in [0.15, 0.2) is 10.8 Å². The molecular weight excluding hydrogens is 272 g/mol. The van der Waals surface area contributed by atoms with E-state index < -0.39 is 0 Å². The molecule has 2 atom stereocenters. The Morgan fingerprint density at radius 1 is 1.45 bits per heavy atom. The molecule has 0 radical (unpaired) electrons. The molecule has 0 aromatic carbocycles. The number of ether oxygens (including phenoxy) is 1. The van der Waals surface area contributed by atoms with Crippen molar-refractivity contribution >= 4 is 17.4 Å². The lowest BCUT2D eigenvalue weighted by Gasteiger charge is -2.31. The van der Waals surface area contributed by atoms with Crippen LogP contribution in [-0.2, 0) is 4.74 Å². The molecule has 2 unspecified atom stereocenters. The van der Waals surface area contributed by atoms with Gasteiger partial charge in [-0.3, -0.25) is 4.40 Å². The Balaban J connectivity index is 1.74. The van der Waals surface area contributed by atoms with Crippen LogP contribution in [0.5, 0.6) is 0 Å². The van der Waals surface area contributed by atoms with Crippen molar-refractivity contribution in [2.45, 2.75) is 36.2 Å². The Kier molecular flexibility index (Phi) is 4.54. The smallest absolute Gasteiger partial charge is 0.196 e. The second kappa shape index (κ2) is 6.56. The lowest BCUT2D eigenvalue weighted by molar-refractivity contribution is 0.0832. The van der Waals surface area contributed by atoms with E-state index in [-0.39, 0.29) is 0 Å².